The number of likely N-dealkylation sites (N-methyl/N-ethyl adjacent to an activating group) is 1. The van der Waals surface area contributed by atoms with Crippen molar-refractivity contribution in [2.24, 2.45) is 0 Å². The zero-order chi connectivity index (χ0) is 15.5. The lowest BCUT2D eigenvalue weighted by atomic mass is 10.0. The summed E-state index contributed by atoms with van der Waals surface area (Å²) in [6, 6.07) is 10.7. The standard InChI is InChI=1S/C18H30N2O/c1-4-7-9-14-18(21)19-15-17(20(5-2)6-3)16-12-10-8-11-13-16/h8,10-13,17H,4-7,9,14-15H2,1-3H3,(H,19,21). The van der Waals surface area contributed by atoms with Crippen molar-refractivity contribution in [1.29, 1.82) is 0 Å². The molecule has 0 bridgehead atoms. The number of nitrogens with zero attached hydrogens (tertiary/aromatic N) is 1. The third kappa shape index (κ3) is 6.30. The van der Waals surface area contributed by atoms with Crippen molar-refractivity contribution in [3.63, 3.8) is 0 Å². The van der Waals surface area contributed by atoms with E-state index in [1.54, 1.807) is 0 Å². The molecule has 0 radical (unpaired) electrons. The summed E-state index contributed by atoms with van der Waals surface area (Å²) < 4.78 is 0. The lowest BCUT2D eigenvalue weighted by Gasteiger charge is -2.30. The molecule has 3 heteroatoms. The van der Waals surface area contributed by atoms with Gasteiger partial charge in [0.1, 0.15) is 0 Å². The number of rotatable bonds is 10. The molecular formula is C18H30N2O. The number of nitrogens with one attached hydrogen (secondary N) is 1. The minimum absolute atomic E-state index is 0.177. The fraction of sp³-hybridized carbons (Fsp3) is 0.611. The Kier molecular flexibility index (Phi) is 8.76. The molecular weight excluding hydrogens is 260 g/mol. The van der Waals surface area contributed by atoms with Crippen molar-refractivity contribution in [3.8, 4) is 0 Å². The Labute approximate surface area is 129 Å². The number of hydrogen-bond donors (Lipinski definition) is 1. The van der Waals surface area contributed by atoms with E-state index in [1.807, 2.05) is 6.07 Å². The predicted molar refractivity (Wildman–Crippen MR) is 89.3 cm³/mol. The van der Waals surface area contributed by atoms with Crippen LogP contribution in [0.4, 0.5) is 0 Å². The van der Waals surface area contributed by atoms with Gasteiger partial charge in [0.05, 0.1) is 6.04 Å². The van der Waals surface area contributed by atoms with E-state index in [9.17, 15) is 4.79 Å². The van der Waals surface area contributed by atoms with Gasteiger partial charge in [0, 0.05) is 13.0 Å². The summed E-state index contributed by atoms with van der Waals surface area (Å²) in [6.07, 6.45) is 3.92. The molecule has 118 valence electrons. The SMILES string of the molecule is CCCCCC(=O)NCC(c1ccccc1)N(CC)CC. The van der Waals surface area contributed by atoms with Crippen LogP contribution in [0.3, 0.4) is 0 Å². The van der Waals surface area contributed by atoms with E-state index in [1.165, 1.54) is 5.56 Å². The molecule has 0 heterocycles. The zero-order valence-electron chi connectivity index (χ0n) is 13.8. The molecule has 0 saturated heterocycles. The molecule has 0 aromatic heterocycles. The van der Waals surface area contributed by atoms with Crippen molar-refractivity contribution in [1.82, 2.24) is 10.2 Å². The molecule has 1 aromatic rings. The molecule has 1 unspecified atom stereocenters. The van der Waals surface area contributed by atoms with E-state index >= 15 is 0 Å². The van der Waals surface area contributed by atoms with Crippen LogP contribution in [0.2, 0.25) is 0 Å². The second-order valence-electron chi connectivity index (χ2n) is 5.41. The van der Waals surface area contributed by atoms with Gasteiger partial charge in [-0.15, -0.1) is 0 Å². The highest BCUT2D eigenvalue weighted by Crippen LogP contribution is 2.19. The number of hydrogen-bond acceptors (Lipinski definition) is 2. The molecule has 0 aliphatic heterocycles. The van der Waals surface area contributed by atoms with Crippen LogP contribution in [0, 0.1) is 0 Å². The summed E-state index contributed by atoms with van der Waals surface area (Å²) in [5.41, 5.74) is 1.27. The molecule has 1 rings (SSSR count). The van der Waals surface area contributed by atoms with Crippen molar-refractivity contribution >= 4 is 5.91 Å². The molecule has 0 fully saturated rings. The molecule has 1 atom stereocenters. The minimum Gasteiger partial charge on any atom is -0.354 e. The maximum absolute atomic E-state index is 11.9. The van der Waals surface area contributed by atoms with E-state index in [0.29, 0.717) is 13.0 Å². The average Bonchev–Trinajstić information content (AvgIpc) is 2.52. The molecule has 0 saturated carbocycles. The van der Waals surface area contributed by atoms with E-state index < -0.39 is 0 Å². The first-order valence-electron chi connectivity index (χ1n) is 8.28. The molecule has 3 nitrogen and oxygen atoms in total. The zero-order valence-corrected chi connectivity index (χ0v) is 13.8. The van der Waals surface area contributed by atoms with Crippen LogP contribution in [0.1, 0.15) is 58.1 Å². The van der Waals surface area contributed by atoms with Crippen LogP contribution in [0.15, 0.2) is 30.3 Å². The third-order valence-electron chi connectivity index (χ3n) is 3.94. The number of carbonyl (C=O) groups is 1. The smallest absolute Gasteiger partial charge is 0.220 e. The number of carbonyl (C=O) groups excluding carboxylic acids is 1. The van der Waals surface area contributed by atoms with Gasteiger partial charge in [-0.05, 0) is 25.1 Å². The van der Waals surface area contributed by atoms with Gasteiger partial charge in [-0.1, -0.05) is 63.9 Å². The van der Waals surface area contributed by atoms with Gasteiger partial charge in [0.15, 0.2) is 0 Å². The van der Waals surface area contributed by atoms with Crippen molar-refractivity contribution in [3.05, 3.63) is 35.9 Å². The van der Waals surface area contributed by atoms with Gasteiger partial charge in [0.2, 0.25) is 5.91 Å². The Balaban J connectivity index is 2.60. The van der Waals surface area contributed by atoms with Gasteiger partial charge < -0.3 is 5.32 Å². The second kappa shape index (κ2) is 10.4. The van der Waals surface area contributed by atoms with E-state index in [0.717, 1.165) is 32.4 Å². The van der Waals surface area contributed by atoms with Crippen LogP contribution >= 0.6 is 0 Å². The highest BCUT2D eigenvalue weighted by atomic mass is 16.1. The number of amides is 1. The fourth-order valence-electron chi connectivity index (χ4n) is 2.63. The first kappa shape index (κ1) is 17.7. The first-order valence-corrected chi connectivity index (χ1v) is 8.28. The summed E-state index contributed by atoms with van der Waals surface area (Å²) in [7, 11) is 0. The maximum Gasteiger partial charge on any atom is 0.220 e. The Morgan fingerprint density at radius 3 is 2.33 bits per heavy atom. The van der Waals surface area contributed by atoms with Crippen LogP contribution in [0.5, 0.6) is 0 Å². The normalized spacial score (nSPS) is 12.4. The minimum atomic E-state index is 0.177. The van der Waals surface area contributed by atoms with Crippen molar-refractivity contribution < 1.29 is 4.79 Å². The molecule has 0 aliphatic rings. The Morgan fingerprint density at radius 1 is 1.10 bits per heavy atom. The highest BCUT2D eigenvalue weighted by molar-refractivity contribution is 5.75. The Morgan fingerprint density at radius 2 is 1.76 bits per heavy atom. The van der Waals surface area contributed by atoms with E-state index in [2.05, 4.69) is 55.3 Å². The molecule has 1 amide bonds. The molecule has 0 spiro atoms. The summed E-state index contributed by atoms with van der Waals surface area (Å²) in [5, 5.41) is 3.11. The molecule has 1 N–H and O–H groups in total. The fourth-order valence-corrected chi connectivity index (χ4v) is 2.63. The first-order chi connectivity index (χ1) is 10.2. The van der Waals surface area contributed by atoms with Gasteiger partial charge in [0.25, 0.3) is 0 Å². The summed E-state index contributed by atoms with van der Waals surface area (Å²) in [5.74, 6) is 0.177. The monoisotopic (exact) mass is 290 g/mol. The highest BCUT2D eigenvalue weighted by Gasteiger charge is 2.18. The third-order valence-corrected chi connectivity index (χ3v) is 3.94. The van der Waals surface area contributed by atoms with Gasteiger partial charge in [-0.3, -0.25) is 9.69 Å². The van der Waals surface area contributed by atoms with Gasteiger partial charge in [-0.25, -0.2) is 0 Å². The van der Waals surface area contributed by atoms with Crippen molar-refractivity contribution in [2.45, 2.75) is 52.5 Å². The molecule has 21 heavy (non-hydrogen) atoms. The van der Waals surface area contributed by atoms with E-state index in [4.69, 9.17) is 0 Å². The maximum atomic E-state index is 11.9. The summed E-state index contributed by atoms with van der Waals surface area (Å²) in [4.78, 5) is 14.3. The summed E-state index contributed by atoms with van der Waals surface area (Å²) >= 11 is 0. The molecule has 1 aromatic carbocycles. The lowest BCUT2D eigenvalue weighted by molar-refractivity contribution is -0.121. The average molecular weight is 290 g/mol. The van der Waals surface area contributed by atoms with Gasteiger partial charge in [-0.2, -0.15) is 0 Å². The Bertz CT molecular complexity index is 387. The van der Waals surface area contributed by atoms with Crippen LogP contribution in [-0.4, -0.2) is 30.4 Å². The topological polar surface area (TPSA) is 32.3 Å². The van der Waals surface area contributed by atoms with Crippen molar-refractivity contribution in [2.75, 3.05) is 19.6 Å². The quantitative estimate of drug-likeness (QED) is 0.665. The number of unbranched alkanes of at least 4 members (excludes halogenated alkanes) is 2. The number of benzene rings is 1. The Hall–Kier alpha value is -1.35. The van der Waals surface area contributed by atoms with E-state index in [-0.39, 0.29) is 11.9 Å². The second-order valence-corrected chi connectivity index (χ2v) is 5.41. The predicted octanol–water partition coefficient (Wildman–Crippen LogP) is 3.77. The van der Waals surface area contributed by atoms with Crippen LogP contribution < -0.4 is 5.32 Å². The van der Waals surface area contributed by atoms with Crippen LogP contribution in [-0.2, 0) is 4.79 Å². The lowest BCUT2D eigenvalue weighted by Crippen LogP contribution is -2.38. The molecule has 0 aliphatic carbocycles. The van der Waals surface area contributed by atoms with Gasteiger partial charge >= 0.3 is 0 Å². The summed E-state index contributed by atoms with van der Waals surface area (Å²) in [6.45, 7) is 9.16. The van der Waals surface area contributed by atoms with Crippen LogP contribution in [0.25, 0.3) is 0 Å². The largest absolute Gasteiger partial charge is 0.354 e.